The zero-order valence-corrected chi connectivity index (χ0v) is 9.24. The van der Waals surface area contributed by atoms with Gasteiger partial charge in [0.25, 0.3) is 5.91 Å². The van der Waals surface area contributed by atoms with Crippen molar-refractivity contribution >= 4 is 5.91 Å². The van der Waals surface area contributed by atoms with Crippen LogP contribution in [0.4, 0.5) is 0 Å². The second-order valence-corrected chi connectivity index (χ2v) is 4.67. The normalized spacial score (nSPS) is 28.9. The number of hydrogen-bond donors (Lipinski definition) is 1. The van der Waals surface area contributed by atoms with Gasteiger partial charge in [0, 0.05) is 6.61 Å². The molecule has 4 nitrogen and oxygen atoms in total. The Morgan fingerprint density at radius 1 is 1.60 bits per heavy atom. The molecule has 0 aromatic carbocycles. The maximum absolute atomic E-state index is 11.8. The molecule has 2 aliphatic heterocycles. The first-order valence-corrected chi connectivity index (χ1v) is 5.77. The maximum atomic E-state index is 11.8. The van der Waals surface area contributed by atoms with Crippen molar-refractivity contribution in [3.05, 3.63) is 0 Å². The lowest BCUT2D eigenvalue weighted by Gasteiger charge is -2.47. The van der Waals surface area contributed by atoms with Gasteiger partial charge in [0.15, 0.2) is 0 Å². The molecule has 2 rings (SSSR count). The molecule has 15 heavy (non-hydrogen) atoms. The topological polar surface area (TPSA) is 49.8 Å². The largest absolute Gasteiger partial charge is 0.386 e. The van der Waals surface area contributed by atoms with Crippen LogP contribution in [0.25, 0.3) is 0 Å². The number of hydrogen-bond acceptors (Lipinski definition) is 3. The van der Waals surface area contributed by atoms with Crippen molar-refractivity contribution in [3.63, 3.8) is 0 Å². The summed E-state index contributed by atoms with van der Waals surface area (Å²) in [5, 5.41) is 9.94. The van der Waals surface area contributed by atoms with Gasteiger partial charge in [0.2, 0.25) is 0 Å². The number of carbonyl (C=O) groups is 1. The van der Waals surface area contributed by atoms with Gasteiger partial charge >= 0.3 is 0 Å². The van der Waals surface area contributed by atoms with Gasteiger partial charge < -0.3 is 14.7 Å². The third kappa shape index (κ3) is 2.16. The minimum atomic E-state index is -0.622. The Morgan fingerprint density at radius 3 is 2.87 bits per heavy atom. The molecule has 2 heterocycles. The predicted molar refractivity (Wildman–Crippen MR) is 55.4 cm³/mol. The number of nitrogens with zero attached hydrogens (tertiary/aromatic N) is 1. The van der Waals surface area contributed by atoms with Gasteiger partial charge in [-0.1, -0.05) is 13.3 Å². The van der Waals surface area contributed by atoms with Crippen LogP contribution >= 0.6 is 0 Å². The molecule has 0 aromatic heterocycles. The van der Waals surface area contributed by atoms with Crippen LogP contribution in [0.5, 0.6) is 0 Å². The second kappa shape index (κ2) is 4.10. The highest BCUT2D eigenvalue weighted by Gasteiger charge is 2.44. The number of β-amino-alcohol motifs (C(OH)–C–C–N with tert-alkyl or cyclic N) is 1. The summed E-state index contributed by atoms with van der Waals surface area (Å²) < 4.78 is 5.33. The fraction of sp³-hybridized carbons (Fsp3) is 0.909. The molecule has 2 saturated heterocycles. The van der Waals surface area contributed by atoms with Gasteiger partial charge in [0.05, 0.1) is 18.7 Å². The van der Waals surface area contributed by atoms with Gasteiger partial charge in [-0.3, -0.25) is 4.79 Å². The number of rotatable bonds is 3. The lowest BCUT2D eigenvalue weighted by molar-refractivity contribution is -0.165. The summed E-state index contributed by atoms with van der Waals surface area (Å²) in [5.41, 5.74) is -0.622. The summed E-state index contributed by atoms with van der Waals surface area (Å²) in [6, 6.07) is 0. The summed E-state index contributed by atoms with van der Waals surface area (Å²) in [5.74, 6) is 0.0632. The van der Waals surface area contributed by atoms with Crippen LogP contribution in [0, 0.1) is 0 Å². The van der Waals surface area contributed by atoms with E-state index in [1.54, 1.807) is 4.90 Å². The van der Waals surface area contributed by atoms with Crippen LogP contribution in [0.15, 0.2) is 0 Å². The molecule has 0 unspecified atom stereocenters. The van der Waals surface area contributed by atoms with Crippen LogP contribution in [0.1, 0.15) is 32.6 Å². The standard InChI is InChI=1S/C11H19NO3/c1-2-5-11(14)7-12(8-11)10(13)9-4-3-6-15-9/h9,14H,2-8H2,1H3/t9-/m0/s1. The van der Waals surface area contributed by atoms with Crippen molar-refractivity contribution in [3.8, 4) is 0 Å². The van der Waals surface area contributed by atoms with E-state index in [-0.39, 0.29) is 12.0 Å². The van der Waals surface area contributed by atoms with Gasteiger partial charge in [-0.25, -0.2) is 0 Å². The molecule has 4 heteroatoms. The fourth-order valence-electron chi connectivity index (χ4n) is 2.42. The lowest BCUT2D eigenvalue weighted by atomic mass is 9.89. The summed E-state index contributed by atoms with van der Waals surface area (Å²) in [6.45, 7) is 3.71. The average Bonchev–Trinajstić information content (AvgIpc) is 2.66. The Balaban J connectivity index is 1.80. The van der Waals surface area contributed by atoms with Crippen molar-refractivity contribution < 1.29 is 14.6 Å². The smallest absolute Gasteiger partial charge is 0.251 e. The Morgan fingerprint density at radius 2 is 2.33 bits per heavy atom. The van der Waals surface area contributed by atoms with E-state index in [0.717, 1.165) is 25.7 Å². The fourth-order valence-corrected chi connectivity index (χ4v) is 2.42. The van der Waals surface area contributed by atoms with Gasteiger partial charge in [-0.2, -0.15) is 0 Å². The number of ether oxygens (including phenoxy) is 1. The van der Waals surface area contributed by atoms with E-state index in [0.29, 0.717) is 19.7 Å². The SMILES string of the molecule is CCCC1(O)CN(C(=O)[C@@H]2CCCO2)C1. The van der Waals surface area contributed by atoms with Crippen LogP contribution < -0.4 is 0 Å². The molecule has 0 aromatic rings. The highest BCUT2D eigenvalue weighted by molar-refractivity contribution is 5.82. The number of aliphatic hydroxyl groups is 1. The first-order valence-electron chi connectivity index (χ1n) is 5.77. The van der Waals surface area contributed by atoms with Crippen LogP contribution in [0.2, 0.25) is 0 Å². The van der Waals surface area contributed by atoms with E-state index < -0.39 is 5.60 Å². The molecule has 0 spiro atoms. The zero-order valence-electron chi connectivity index (χ0n) is 9.24. The average molecular weight is 213 g/mol. The Bertz CT molecular complexity index is 242. The first kappa shape index (κ1) is 10.9. The minimum Gasteiger partial charge on any atom is -0.386 e. The molecule has 0 saturated carbocycles. The van der Waals surface area contributed by atoms with E-state index in [1.807, 2.05) is 6.92 Å². The quantitative estimate of drug-likeness (QED) is 0.744. The molecule has 0 aliphatic carbocycles. The molecule has 2 fully saturated rings. The highest BCUT2D eigenvalue weighted by Crippen LogP contribution is 2.28. The summed E-state index contributed by atoms with van der Waals surface area (Å²) in [7, 11) is 0. The van der Waals surface area contributed by atoms with Crippen molar-refractivity contribution in [2.24, 2.45) is 0 Å². The number of amides is 1. The Labute approximate surface area is 90.2 Å². The maximum Gasteiger partial charge on any atom is 0.251 e. The van der Waals surface area contributed by atoms with Crippen LogP contribution in [-0.2, 0) is 9.53 Å². The van der Waals surface area contributed by atoms with Gasteiger partial charge in [-0.05, 0) is 19.3 Å². The molecule has 1 amide bonds. The number of likely N-dealkylation sites (tertiary alicyclic amines) is 1. The predicted octanol–water partition coefficient (Wildman–Crippen LogP) is 0.539. The van der Waals surface area contributed by atoms with E-state index in [4.69, 9.17) is 4.74 Å². The van der Waals surface area contributed by atoms with Crippen molar-refractivity contribution in [2.75, 3.05) is 19.7 Å². The lowest BCUT2D eigenvalue weighted by Crippen LogP contribution is -2.64. The van der Waals surface area contributed by atoms with Crippen LogP contribution in [-0.4, -0.2) is 47.3 Å². The van der Waals surface area contributed by atoms with Gasteiger partial charge in [0.1, 0.15) is 6.10 Å². The van der Waals surface area contributed by atoms with E-state index in [2.05, 4.69) is 0 Å². The summed E-state index contributed by atoms with van der Waals surface area (Å²) >= 11 is 0. The van der Waals surface area contributed by atoms with Crippen LogP contribution in [0.3, 0.4) is 0 Å². The Hall–Kier alpha value is -0.610. The Kier molecular flexibility index (Phi) is 2.98. The monoisotopic (exact) mass is 213 g/mol. The zero-order chi connectivity index (χ0) is 10.9. The highest BCUT2D eigenvalue weighted by atomic mass is 16.5. The molecular weight excluding hydrogens is 194 g/mol. The molecule has 2 aliphatic rings. The first-order chi connectivity index (χ1) is 7.14. The van der Waals surface area contributed by atoms with E-state index in [1.165, 1.54) is 0 Å². The number of carbonyl (C=O) groups excluding carboxylic acids is 1. The summed E-state index contributed by atoms with van der Waals surface area (Å²) in [6.07, 6.45) is 3.31. The van der Waals surface area contributed by atoms with E-state index >= 15 is 0 Å². The molecule has 0 radical (unpaired) electrons. The van der Waals surface area contributed by atoms with Crippen molar-refractivity contribution in [1.29, 1.82) is 0 Å². The van der Waals surface area contributed by atoms with E-state index in [9.17, 15) is 9.90 Å². The molecule has 1 atom stereocenters. The minimum absolute atomic E-state index is 0.0632. The third-order valence-corrected chi connectivity index (χ3v) is 3.20. The van der Waals surface area contributed by atoms with Crippen molar-refractivity contribution in [1.82, 2.24) is 4.90 Å². The second-order valence-electron chi connectivity index (χ2n) is 4.67. The molecule has 1 N–H and O–H groups in total. The van der Waals surface area contributed by atoms with Crippen molar-refractivity contribution in [2.45, 2.75) is 44.3 Å². The molecular formula is C11H19NO3. The van der Waals surface area contributed by atoms with Gasteiger partial charge in [-0.15, -0.1) is 0 Å². The molecule has 0 bridgehead atoms. The molecule has 86 valence electrons. The summed E-state index contributed by atoms with van der Waals surface area (Å²) in [4.78, 5) is 13.5. The third-order valence-electron chi connectivity index (χ3n) is 3.20.